The van der Waals surface area contributed by atoms with Crippen molar-refractivity contribution in [3.8, 4) is 34.1 Å². The highest BCUT2D eigenvalue weighted by Gasteiger charge is 2.17. The van der Waals surface area contributed by atoms with Crippen LogP contribution in [0.25, 0.3) is 39.4 Å². The van der Waals surface area contributed by atoms with Crippen molar-refractivity contribution in [1.82, 2.24) is 24.4 Å². The fourth-order valence-electron chi connectivity index (χ4n) is 4.93. The molecule has 0 bridgehead atoms. The molecule has 6 aromatic rings. The zero-order valence-electron chi connectivity index (χ0n) is 25.2. The minimum atomic E-state index is -0.195. The number of thiazole rings is 1. The summed E-state index contributed by atoms with van der Waals surface area (Å²) >= 11 is 1.33. The molecule has 0 saturated carbocycles. The van der Waals surface area contributed by atoms with Gasteiger partial charge in [0, 0.05) is 22.9 Å². The van der Waals surface area contributed by atoms with Crippen LogP contribution in [0.2, 0.25) is 0 Å². The van der Waals surface area contributed by atoms with Crippen molar-refractivity contribution < 1.29 is 4.74 Å². The Balaban J connectivity index is 1.40. The van der Waals surface area contributed by atoms with Gasteiger partial charge < -0.3 is 4.74 Å². The molecular formula is C35H35N5O2S. The zero-order valence-corrected chi connectivity index (χ0v) is 26.0. The predicted molar refractivity (Wildman–Crippen MR) is 174 cm³/mol. The number of rotatable bonds is 8. The minimum absolute atomic E-state index is 0.0593. The molecular weight excluding hydrogens is 554 g/mol. The van der Waals surface area contributed by atoms with E-state index in [4.69, 9.17) is 14.8 Å². The van der Waals surface area contributed by atoms with Crippen LogP contribution in [0.4, 0.5) is 0 Å². The number of fused-ring (bicyclic) bond motifs is 1. The van der Waals surface area contributed by atoms with Gasteiger partial charge >= 0.3 is 0 Å². The van der Waals surface area contributed by atoms with E-state index >= 15 is 0 Å². The van der Waals surface area contributed by atoms with Gasteiger partial charge in [-0.3, -0.25) is 4.79 Å². The third kappa shape index (κ3) is 5.88. The van der Waals surface area contributed by atoms with Gasteiger partial charge in [0.15, 0.2) is 5.82 Å². The molecule has 43 heavy (non-hydrogen) atoms. The summed E-state index contributed by atoms with van der Waals surface area (Å²) in [5, 5.41) is 9.52. The quantitative estimate of drug-likeness (QED) is 0.179. The highest BCUT2D eigenvalue weighted by molar-refractivity contribution is 7.15. The summed E-state index contributed by atoms with van der Waals surface area (Å²) in [5.74, 6) is 1.42. The molecule has 0 unspecified atom stereocenters. The largest absolute Gasteiger partial charge is 0.493 e. The second-order valence-electron chi connectivity index (χ2n) is 11.8. The summed E-state index contributed by atoms with van der Waals surface area (Å²) in [5.41, 5.74) is 6.54. The third-order valence-electron chi connectivity index (χ3n) is 7.44. The Kier molecular flexibility index (Phi) is 7.71. The molecule has 6 rings (SSSR count). The van der Waals surface area contributed by atoms with E-state index in [0.717, 1.165) is 52.2 Å². The first-order chi connectivity index (χ1) is 20.7. The first-order valence-electron chi connectivity index (χ1n) is 14.6. The molecule has 0 N–H and O–H groups in total. The first-order valence-corrected chi connectivity index (χ1v) is 15.4. The molecule has 0 aliphatic carbocycles. The Morgan fingerprint density at radius 1 is 0.953 bits per heavy atom. The second-order valence-corrected chi connectivity index (χ2v) is 12.8. The van der Waals surface area contributed by atoms with Gasteiger partial charge in [0.25, 0.3) is 5.56 Å². The van der Waals surface area contributed by atoms with Crippen LogP contribution < -0.4 is 14.8 Å². The second kappa shape index (κ2) is 11.6. The van der Waals surface area contributed by atoms with Gasteiger partial charge in [0.2, 0.25) is 4.96 Å². The van der Waals surface area contributed by atoms with Gasteiger partial charge in [-0.25, -0.2) is 4.68 Å². The average molecular weight is 590 g/mol. The Morgan fingerprint density at radius 2 is 1.70 bits per heavy atom. The molecule has 0 spiro atoms. The van der Waals surface area contributed by atoms with Crippen molar-refractivity contribution in [2.24, 2.45) is 0 Å². The molecule has 218 valence electrons. The lowest BCUT2D eigenvalue weighted by atomic mass is 9.87. The van der Waals surface area contributed by atoms with E-state index in [9.17, 15) is 4.79 Å². The number of hydrogen-bond acceptors (Lipinski definition) is 6. The SMILES string of the molecule is CCCCOc1ccc(-c2nn(-c3ccccc3)cc2/C=c2/sc3nc(-c4ccc(C(C)(C)C)cc4)nn3c2=O)cc1C. The normalized spacial score (nSPS) is 12.3. The first kappa shape index (κ1) is 28.6. The lowest BCUT2D eigenvalue weighted by Crippen LogP contribution is -2.23. The number of ether oxygens (including phenoxy) is 1. The lowest BCUT2D eigenvalue weighted by Gasteiger charge is -2.18. The minimum Gasteiger partial charge on any atom is -0.493 e. The third-order valence-corrected chi connectivity index (χ3v) is 8.40. The molecule has 3 aromatic carbocycles. The van der Waals surface area contributed by atoms with Gasteiger partial charge in [-0.05, 0) is 66.3 Å². The standard InChI is InChI=1S/C35H35N5O2S/c1-6-7-19-42-29-18-15-25(20-23(29)2)31-26(22-39(37-31)28-11-9-8-10-12-28)21-30-33(41)40-34(43-30)36-32(38-40)24-13-16-27(17-14-24)35(3,4)5/h8-18,20-22H,6-7,19H2,1-5H3/b30-21+. The van der Waals surface area contributed by atoms with Gasteiger partial charge in [-0.2, -0.15) is 14.6 Å². The van der Waals surface area contributed by atoms with Crippen molar-refractivity contribution in [3.05, 3.63) is 111 Å². The summed E-state index contributed by atoms with van der Waals surface area (Å²) in [6.07, 6.45) is 5.96. The zero-order chi connectivity index (χ0) is 30.1. The van der Waals surface area contributed by atoms with Gasteiger partial charge in [0.05, 0.1) is 16.8 Å². The maximum absolute atomic E-state index is 13.5. The fraction of sp³-hybridized carbons (Fsp3) is 0.257. The van der Waals surface area contributed by atoms with E-state index in [1.165, 1.54) is 21.4 Å². The van der Waals surface area contributed by atoms with Crippen LogP contribution in [-0.4, -0.2) is 31.0 Å². The number of para-hydroxylation sites is 1. The van der Waals surface area contributed by atoms with Crippen molar-refractivity contribution in [2.45, 2.75) is 52.9 Å². The summed E-state index contributed by atoms with van der Waals surface area (Å²) in [6.45, 7) is 11.4. The van der Waals surface area contributed by atoms with Gasteiger partial charge in [-0.1, -0.05) is 87.9 Å². The smallest absolute Gasteiger partial charge is 0.291 e. The number of aromatic nitrogens is 5. The van der Waals surface area contributed by atoms with Gasteiger partial charge in [0.1, 0.15) is 11.4 Å². The topological polar surface area (TPSA) is 74.3 Å². The van der Waals surface area contributed by atoms with Crippen molar-refractivity contribution >= 4 is 22.4 Å². The number of hydrogen-bond donors (Lipinski definition) is 0. The van der Waals surface area contributed by atoms with E-state index in [2.05, 4.69) is 51.0 Å². The summed E-state index contributed by atoms with van der Waals surface area (Å²) in [7, 11) is 0. The van der Waals surface area contributed by atoms with E-state index in [0.29, 0.717) is 21.9 Å². The molecule has 3 aromatic heterocycles. The predicted octanol–water partition coefficient (Wildman–Crippen LogP) is 7.00. The number of unbranched alkanes of at least 4 members (excludes halogenated alkanes) is 1. The lowest BCUT2D eigenvalue weighted by molar-refractivity contribution is 0.307. The monoisotopic (exact) mass is 589 g/mol. The highest BCUT2D eigenvalue weighted by atomic mass is 32.1. The Morgan fingerprint density at radius 3 is 2.37 bits per heavy atom. The number of benzene rings is 3. The molecule has 0 aliphatic rings. The van der Waals surface area contributed by atoms with E-state index < -0.39 is 0 Å². The van der Waals surface area contributed by atoms with Gasteiger partial charge in [-0.15, -0.1) is 5.10 Å². The molecule has 0 fully saturated rings. The van der Waals surface area contributed by atoms with Crippen LogP contribution in [0.5, 0.6) is 5.75 Å². The summed E-state index contributed by atoms with van der Waals surface area (Å²) in [6, 6.07) is 24.3. The van der Waals surface area contributed by atoms with Crippen LogP contribution in [0.15, 0.2) is 83.8 Å². The molecule has 0 amide bonds. The van der Waals surface area contributed by atoms with E-state index in [1.807, 2.05) is 78.5 Å². The summed E-state index contributed by atoms with van der Waals surface area (Å²) < 4.78 is 9.78. The Hall–Kier alpha value is -4.56. The maximum atomic E-state index is 13.5. The Labute approximate surface area is 255 Å². The van der Waals surface area contributed by atoms with Crippen LogP contribution in [0, 0.1) is 6.92 Å². The molecule has 0 aliphatic heterocycles. The molecule has 7 nitrogen and oxygen atoms in total. The van der Waals surface area contributed by atoms with Crippen LogP contribution in [0.3, 0.4) is 0 Å². The van der Waals surface area contributed by atoms with Crippen molar-refractivity contribution in [2.75, 3.05) is 6.61 Å². The van der Waals surface area contributed by atoms with Crippen molar-refractivity contribution in [1.29, 1.82) is 0 Å². The highest BCUT2D eigenvalue weighted by Crippen LogP contribution is 2.30. The Bertz CT molecular complexity index is 2000. The van der Waals surface area contributed by atoms with E-state index in [1.54, 1.807) is 0 Å². The molecule has 8 heteroatoms. The van der Waals surface area contributed by atoms with E-state index in [-0.39, 0.29) is 11.0 Å². The van der Waals surface area contributed by atoms with Crippen LogP contribution in [0.1, 0.15) is 57.2 Å². The van der Waals surface area contributed by atoms with Crippen LogP contribution in [-0.2, 0) is 5.41 Å². The molecule has 0 atom stereocenters. The molecule has 0 radical (unpaired) electrons. The molecule has 3 heterocycles. The summed E-state index contributed by atoms with van der Waals surface area (Å²) in [4.78, 5) is 18.8. The maximum Gasteiger partial charge on any atom is 0.291 e. The number of aryl methyl sites for hydroxylation is 1. The van der Waals surface area contributed by atoms with Crippen LogP contribution >= 0.6 is 11.3 Å². The molecule has 0 saturated heterocycles. The number of nitrogens with zero attached hydrogens (tertiary/aromatic N) is 5. The average Bonchev–Trinajstić information content (AvgIpc) is 3.69. The fourth-order valence-corrected chi connectivity index (χ4v) is 5.83. The van der Waals surface area contributed by atoms with Crippen molar-refractivity contribution in [3.63, 3.8) is 0 Å².